The third kappa shape index (κ3) is 3.23. The quantitative estimate of drug-likeness (QED) is 0.692. The van der Waals surface area contributed by atoms with Crippen LogP contribution >= 0.6 is 0 Å². The van der Waals surface area contributed by atoms with Crippen LogP contribution < -0.4 is 5.19 Å². The molecule has 0 unspecified atom stereocenters. The third-order valence-corrected chi connectivity index (χ3v) is 4.82. The maximum Gasteiger partial charge on any atom is 0.116 e. The van der Waals surface area contributed by atoms with E-state index < -0.39 is 0 Å². The molecule has 0 saturated carbocycles. The van der Waals surface area contributed by atoms with Crippen molar-refractivity contribution in [3.63, 3.8) is 0 Å². The lowest BCUT2D eigenvalue weighted by Gasteiger charge is -2.09. The van der Waals surface area contributed by atoms with Crippen molar-refractivity contribution < 1.29 is 0 Å². The molecule has 18 heavy (non-hydrogen) atoms. The molecule has 2 radical (unpaired) electrons. The van der Waals surface area contributed by atoms with Gasteiger partial charge >= 0.3 is 0 Å². The number of hydrogen-bond acceptors (Lipinski definition) is 0. The summed E-state index contributed by atoms with van der Waals surface area (Å²) in [4.78, 5) is 0. The second-order valence-corrected chi connectivity index (χ2v) is 6.70. The minimum atomic E-state index is 0.626. The molecular weight excluding hydrogens is 232 g/mol. The fourth-order valence-corrected chi connectivity index (χ4v) is 3.69. The largest absolute Gasteiger partial charge is 0.116 e. The van der Waals surface area contributed by atoms with E-state index in [0.29, 0.717) is 5.92 Å². The van der Waals surface area contributed by atoms with Crippen LogP contribution in [0.25, 0.3) is 0 Å². The molecule has 0 heterocycles. The van der Waals surface area contributed by atoms with Crippen molar-refractivity contribution in [3.05, 3.63) is 52.8 Å². The molecule has 2 rings (SSSR count). The summed E-state index contributed by atoms with van der Waals surface area (Å²) in [5.41, 5.74) is 3.05. The van der Waals surface area contributed by atoms with Crippen LogP contribution in [0.2, 0.25) is 0 Å². The predicted molar refractivity (Wildman–Crippen MR) is 81.6 cm³/mol. The van der Waals surface area contributed by atoms with E-state index in [4.69, 9.17) is 0 Å². The highest BCUT2D eigenvalue weighted by Crippen LogP contribution is 2.22. The average Bonchev–Trinajstić information content (AvgIpc) is 2.77. The van der Waals surface area contributed by atoms with Crippen LogP contribution in [0.1, 0.15) is 51.5 Å². The van der Waals surface area contributed by atoms with Gasteiger partial charge in [0.25, 0.3) is 0 Å². The second kappa shape index (κ2) is 6.19. The molecule has 94 valence electrons. The monoisotopic (exact) mass is 254 g/mol. The standard InChI is InChI=1S/C17H22Si/c1-4-7-14-8-6-11-17(14)18-16-10-5-9-15(12-16)13(2)3/h5-6,8-10,12-13H,4,7,11H2,1-3H3. The van der Waals surface area contributed by atoms with E-state index in [2.05, 4.69) is 57.2 Å². The van der Waals surface area contributed by atoms with E-state index in [0.717, 1.165) is 9.52 Å². The zero-order chi connectivity index (χ0) is 13.0. The first-order valence-electron chi connectivity index (χ1n) is 6.96. The lowest BCUT2D eigenvalue weighted by atomic mass is 10.0. The molecule has 0 aliphatic heterocycles. The van der Waals surface area contributed by atoms with Crippen LogP contribution in [0.4, 0.5) is 0 Å². The Morgan fingerprint density at radius 3 is 2.83 bits per heavy atom. The van der Waals surface area contributed by atoms with Crippen LogP contribution in [0, 0.1) is 0 Å². The topological polar surface area (TPSA) is 0 Å². The Bertz CT molecular complexity index is 466. The highest BCUT2D eigenvalue weighted by molar-refractivity contribution is 6.61. The van der Waals surface area contributed by atoms with Gasteiger partial charge in [-0.05, 0) is 24.3 Å². The minimum absolute atomic E-state index is 0.626. The Labute approximate surface area is 114 Å². The summed E-state index contributed by atoms with van der Waals surface area (Å²) < 4.78 is 0. The summed E-state index contributed by atoms with van der Waals surface area (Å²) in [5.74, 6) is 0.626. The zero-order valence-electron chi connectivity index (χ0n) is 11.7. The van der Waals surface area contributed by atoms with Gasteiger partial charge in [-0.25, -0.2) is 0 Å². The highest BCUT2D eigenvalue weighted by atomic mass is 28.2. The maximum absolute atomic E-state index is 2.39. The predicted octanol–water partition coefficient (Wildman–Crippen LogP) is 4.15. The lowest BCUT2D eigenvalue weighted by molar-refractivity contribution is 0.868. The van der Waals surface area contributed by atoms with Gasteiger partial charge in [0, 0.05) is 0 Å². The van der Waals surface area contributed by atoms with Gasteiger partial charge < -0.3 is 0 Å². The molecule has 0 saturated heterocycles. The van der Waals surface area contributed by atoms with Crippen LogP contribution in [-0.4, -0.2) is 9.52 Å². The van der Waals surface area contributed by atoms with E-state index in [9.17, 15) is 0 Å². The Morgan fingerprint density at radius 1 is 1.28 bits per heavy atom. The van der Waals surface area contributed by atoms with E-state index >= 15 is 0 Å². The van der Waals surface area contributed by atoms with Crippen LogP contribution in [0.5, 0.6) is 0 Å². The Hall–Kier alpha value is -1.08. The van der Waals surface area contributed by atoms with Crippen molar-refractivity contribution in [2.75, 3.05) is 0 Å². The molecule has 0 spiro atoms. The van der Waals surface area contributed by atoms with E-state index in [1.807, 2.05) is 0 Å². The average molecular weight is 254 g/mol. The Balaban J connectivity index is 2.14. The molecule has 0 nitrogen and oxygen atoms in total. The lowest BCUT2D eigenvalue weighted by Crippen LogP contribution is -2.17. The molecule has 0 aromatic heterocycles. The minimum Gasteiger partial charge on any atom is -0.0806 e. The molecule has 1 aliphatic rings. The first-order chi connectivity index (χ1) is 8.70. The first-order valence-corrected chi connectivity index (χ1v) is 7.96. The molecular formula is C17H22Si. The van der Waals surface area contributed by atoms with Gasteiger partial charge in [-0.2, -0.15) is 0 Å². The van der Waals surface area contributed by atoms with Crippen LogP contribution in [-0.2, 0) is 0 Å². The molecule has 1 aromatic rings. The van der Waals surface area contributed by atoms with Crippen LogP contribution in [0.3, 0.4) is 0 Å². The number of allylic oxidation sites excluding steroid dienone is 4. The number of rotatable bonds is 5. The second-order valence-electron chi connectivity index (χ2n) is 5.27. The molecule has 0 atom stereocenters. The maximum atomic E-state index is 2.39. The summed E-state index contributed by atoms with van der Waals surface area (Å²) in [5, 5.41) is 3.14. The summed E-state index contributed by atoms with van der Waals surface area (Å²) in [6.07, 6.45) is 8.31. The fraction of sp³-hybridized carbons (Fsp3) is 0.412. The van der Waals surface area contributed by atoms with Crippen LogP contribution in [0.15, 0.2) is 47.2 Å². The van der Waals surface area contributed by atoms with Gasteiger partial charge in [-0.15, -0.1) is 0 Å². The molecule has 0 bridgehead atoms. The Morgan fingerprint density at radius 2 is 2.11 bits per heavy atom. The molecule has 1 aromatic carbocycles. The van der Waals surface area contributed by atoms with Gasteiger partial charge in [-0.3, -0.25) is 0 Å². The summed E-state index contributed by atoms with van der Waals surface area (Å²) in [6.45, 7) is 6.79. The van der Waals surface area contributed by atoms with Gasteiger partial charge in [0.05, 0.1) is 0 Å². The number of benzene rings is 1. The number of hydrogen-bond donors (Lipinski definition) is 0. The van der Waals surface area contributed by atoms with Gasteiger partial charge in [0.15, 0.2) is 0 Å². The molecule has 0 N–H and O–H groups in total. The fourth-order valence-electron chi connectivity index (χ4n) is 2.34. The highest BCUT2D eigenvalue weighted by Gasteiger charge is 2.11. The normalized spacial score (nSPS) is 14.9. The molecule has 0 fully saturated rings. The van der Waals surface area contributed by atoms with Crippen molar-refractivity contribution in [1.82, 2.24) is 0 Å². The van der Waals surface area contributed by atoms with Gasteiger partial charge in [-0.1, -0.05) is 79.6 Å². The van der Waals surface area contributed by atoms with E-state index in [1.165, 1.54) is 30.0 Å². The molecule has 1 heteroatoms. The summed E-state index contributed by atoms with van der Waals surface area (Å²) in [6, 6.07) is 9.12. The molecule has 0 amide bonds. The van der Waals surface area contributed by atoms with Crippen molar-refractivity contribution in [2.24, 2.45) is 0 Å². The van der Waals surface area contributed by atoms with Crippen molar-refractivity contribution in [2.45, 2.75) is 46.0 Å². The van der Waals surface area contributed by atoms with Gasteiger partial charge in [0.2, 0.25) is 0 Å². The molecule has 1 aliphatic carbocycles. The van der Waals surface area contributed by atoms with E-state index in [1.54, 1.807) is 10.8 Å². The third-order valence-electron chi connectivity index (χ3n) is 3.40. The first kappa shape index (κ1) is 13.4. The Kier molecular flexibility index (Phi) is 4.59. The smallest absolute Gasteiger partial charge is 0.0806 e. The van der Waals surface area contributed by atoms with E-state index in [-0.39, 0.29) is 0 Å². The van der Waals surface area contributed by atoms with Crippen molar-refractivity contribution in [3.8, 4) is 0 Å². The summed E-state index contributed by atoms with van der Waals surface area (Å²) in [7, 11) is 0.855. The SMILES string of the molecule is CCCC1=C([Si]c2cccc(C(C)C)c2)CC=C1. The van der Waals surface area contributed by atoms with Crippen molar-refractivity contribution >= 4 is 14.7 Å². The van der Waals surface area contributed by atoms with Crippen molar-refractivity contribution in [1.29, 1.82) is 0 Å². The van der Waals surface area contributed by atoms with Gasteiger partial charge in [0.1, 0.15) is 9.52 Å². The zero-order valence-corrected chi connectivity index (χ0v) is 12.7. The summed E-state index contributed by atoms with van der Waals surface area (Å²) >= 11 is 0.